The summed E-state index contributed by atoms with van der Waals surface area (Å²) >= 11 is 5.91. The predicted molar refractivity (Wildman–Crippen MR) is 139 cm³/mol. The van der Waals surface area contributed by atoms with Crippen LogP contribution in [0, 0.1) is 17.6 Å². The molecule has 2 fully saturated rings. The van der Waals surface area contributed by atoms with Gasteiger partial charge in [0.2, 0.25) is 10.7 Å². The lowest BCUT2D eigenvalue weighted by Crippen LogP contribution is -2.38. The van der Waals surface area contributed by atoms with E-state index in [1.165, 1.54) is 11.1 Å². The number of hydrogen-bond donors (Lipinski definition) is 0. The van der Waals surface area contributed by atoms with Gasteiger partial charge < -0.3 is 9.64 Å². The minimum atomic E-state index is 0.0847. The molecule has 35 heavy (non-hydrogen) atoms. The molecular weight excluding hydrogens is 458 g/mol. The van der Waals surface area contributed by atoms with Crippen molar-refractivity contribution in [2.24, 2.45) is 5.92 Å². The number of Topliss-reactive ketones (excluding diaryl/α,β-unsaturated/α-hetero) is 1. The van der Waals surface area contributed by atoms with Gasteiger partial charge in [0.25, 0.3) is 0 Å². The van der Waals surface area contributed by atoms with Gasteiger partial charge in [-0.2, -0.15) is 0 Å². The Morgan fingerprint density at radius 3 is 2.37 bits per heavy atom. The van der Waals surface area contributed by atoms with Gasteiger partial charge >= 0.3 is 0 Å². The summed E-state index contributed by atoms with van der Waals surface area (Å²) in [5.41, 5.74) is 3.20. The molecule has 0 spiro atoms. The summed E-state index contributed by atoms with van der Waals surface area (Å²) in [7, 11) is 0. The van der Waals surface area contributed by atoms with Crippen LogP contribution in [0.4, 0.5) is 5.95 Å². The minimum Gasteiger partial charge on any atom is -0.378 e. The number of anilines is 1. The summed E-state index contributed by atoms with van der Waals surface area (Å²) in [5, 5.41) is 4.97. The zero-order valence-corrected chi connectivity index (χ0v) is 21.1. The molecule has 3 aromatic rings. The van der Waals surface area contributed by atoms with Gasteiger partial charge in [0.05, 0.1) is 26.4 Å². The Morgan fingerprint density at radius 1 is 1.00 bits per heavy atom. The molecule has 0 N–H and O–H groups in total. The van der Waals surface area contributed by atoms with Crippen LogP contribution in [0.2, 0.25) is 0 Å². The summed E-state index contributed by atoms with van der Waals surface area (Å²) in [4.78, 5) is 17.6. The topological polar surface area (TPSA) is 55.5 Å². The molecule has 2 saturated heterocycles. The summed E-state index contributed by atoms with van der Waals surface area (Å²) in [6.07, 6.45) is 1.72. The molecule has 7 nitrogen and oxygen atoms in total. The van der Waals surface area contributed by atoms with Gasteiger partial charge in [-0.3, -0.25) is 14.3 Å². The van der Waals surface area contributed by atoms with E-state index in [1.807, 2.05) is 41.9 Å². The monoisotopic (exact) mass is 491 g/mol. The number of hydrogen-bond acceptors (Lipinski definition) is 6. The lowest BCUT2D eigenvalue weighted by atomic mass is 9.89. The zero-order chi connectivity index (χ0) is 24.2. The summed E-state index contributed by atoms with van der Waals surface area (Å²) < 4.78 is 10.4. The van der Waals surface area contributed by atoms with E-state index in [2.05, 4.69) is 38.6 Å². The minimum absolute atomic E-state index is 0.0847. The predicted octanol–water partition coefficient (Wildman–Crippen LogP) is 4.16. The van der Waals surface area contributed by atoms with E-state index >= 15 is 0 Å². The van der Waals surface area contributed by atoms with E-state index in [9.17, 15) is 4.79 Å². The van der Waals surface area contributed by atoms with Crippen LogP contribution in [-0.2, 0) is 18.0 Å². The first kappa shape index (κ1) is 23.9. The Morgan fingerprint density at radius 2 is 1.69 bits per heavy atom. The molecule has 184 valence electrons. The fourth-order valence-electron chi connectivity index (χ4n) is 4.90. The van der Waals surface area contributed by atoms with Crippen LogP contribution in [0.15, 0.2) is 54.6 Å². The number of benzene rings is 2. The number of aryl methyl sites for hydroxylation is 1. The third-order valence-corrected chi connectivity index (χ3v) is 7.44. The van der Waals surface area contributed by atoms with Crippen molar-refractivity contribution in [3.63, 3.8) is 0 Å². The maximum absolute atomic E-state index is 13.0. The summed E-state index contributed by atoms with van der Waals surface area (Å²) in [5.74, 6) is 1.26. The number of aromatic nitrogens is 3. The highest BCUT2D eigenvalue weighted by molar-refractivity contribution is 7.71. The summed E-state index contributed by atoms with van der Waals surface area (Å²) in [6, 6.07) is 18.3. The van der Waals surface area contributed by atoms with Crippen molar-refractivity contribution in [2.45, 2.75) is 33.0 Å². The SMILES string of the molecule is Cc1ccc(C(=O)C2CCN(Cn3nc(N4CCOCC4)n(Cc4ccccc4)c3=S)CC2)cc1. The molecule has 5 rings (SSSR count). The first-order valence-electron chi connectivity index (χ1n) is 12.5. The third-order valence-electron chi connectivity index (χ3n) is 7.01. The van der Waals surface area contributed by atoms with Gasteiger partial charge in [-0.15, -0.1) is 5.10 Å². The van der Waals surface area contributed by atoms with E-state index in [-0.39, 0.29) is 11.7 Å². The molecule has 0 atom stereocenters. The lowest BCUT2D eigenvalue weighted by Gasteiger charge is -2.31. The van der Waals surface area contributed by atoms with Crippen LogP contribution in [0.3, 0.4) is 0 Å². The number of carbonyl (C=O) groups excluding carboxylic acids is 1. The van der Waals surface area contributed by atoms with E-state index in [4.69, 9.17) is 22.1 Å². The molecule has 8 heteroatoms. The fourth-order valence-corrected chi connectivity index (χ4v) is 5.15. The molecule has 2 aliphatic heterocycles. The van der Waals surface area contributed by atoms with Gasteiger partial charge in [-0.05, 0) is 37.5 Å². The van der Waals surface area contributed by atoms with E-state index in [0.717, 1.165) is 55.3 Å². The van der Waals surface area contributed by atoms with Crippen molar-refractivity contribution >= 4 is 23.9 Å². The Kier molecular flexibility index (Phi) is 7.41. The second-order valence-corrected chi connectivity index (χ2v) is 9.88. The number of morpholine rings is 1. The number of nitrogens with zero attached hydrogens (tertiary/aromatic N) is 5. The van der Waals surface area contributed by atoms with Crippen LogP contribution in [0.1, 0.15) is 34.3 Å². The first-order chi connectivity index (χ1) is 17.1. The molecule has 0 amide bonds. The number of rotatable bonds is 7. The van der Waals surface area contributed by atoms with Crippen LogP contribution < -0.4 is 4.90 Å². The average Bonchev–Trinajstić information content (AvgIpc) is 3.20. The second kappa shape index (κ2) is 10.8. The van der Waals surface area contributed by atoms with Crippen LogP contribution in [0.5, 0.6) is 0 Å². The molecule has 0 aliphatic carbocycles. The van der Waals surface area contributed by atoms with Crippen molar-refractivity contribution < 1.29 is 9.53 Å². The van der Waals surface area contributed by atoms with Crippen LogP contribution in [-0.4, -0.2) is 64.4 Å². The molecule has 0 radical (unpaired) electrons. The van der Waals surface area contributed by atoms with E-state index in [1.54, 1.807) is 0 Å². The van der Waals surface area contributed by atoms with Crippen LogP contribution in [0.25, 0.3) is 0 Å². The van der Waals surface area contributed by atoms with Gasteiger partial charge in [0, 0.05) is 37.7 Å². The average molecular weight is 492 g/mol. The highest BCUT2D eigenvalue weighted by Crippen LogP contribution is 2.23. The van der Waals surface area contributed by atoms with E-state index in [0.29, 0.717) is 26.4 Å². The van der Waals surface area contributed by atoms with Crippen molar-refractivity contribution in [1.82, 2.24) is 19.2 Å². The van der Waals surface area contributed by atoms with Crippen molar-refractivity contribution in [3.8, 4) is 0 Å². The van der Waals surface area contributed by atoms with E-state index < -0.39 is 0 Å². The smallest absolute Gasteiger partial charge is 0.226 e. The number of ether oxygens (including phenoxy) is 1. The molecule has 0 unspecified atom stereocenters. The molecule has 3 heterocycles. The highest BCUT2D eigenvalue weighted by atomic mass is 32.1. The molecule has 2 aromatic carbocycles. The number of carbonyl (C=O) groups is 1. The highest BCUT2D eigenvalue weighted by Gasteiger charge is 2.27. The Labute approximate surface area is 211 Å². The van der Waals surface area contributed by atoms with Gasteiger partial charge in [-0.1, -0.05) is 60.2 Å². The zero-order valence-electron chi connectivity index (χ0n) is 20.3. The molecule has 2 aliphatic rings. The lowest BCUT2D eigenvalue weighted by molar-refractivity contribution is 0.0803. The largest absolute Gasteiger partial charge is 0.378 e. The third kappa shape index (κ3) is 5.55. The van der Waals surface area contributed by atoms with Gasteiger partial charge in [-0.25, -0.2) is 4.68 Å². The van der Waals surface area contributed by atoms with Crippen molar-refractivity contribution in [1.29, 1.82) is 0 Å². The number of likely N-dealkylation sites (tertiary alicyclic amines) is 1. The van der Waals surface area contributed by atoms with Crippen molar-refractivity contribution in [2.75, 3.05) is 44.3 Å². The maximum atomic E-state index is 13.0. The Bertz CT molecular complexity index is 1190. The molecule has 0 bridgehead atoms. The summed E-state index contributed by atoms with van der Waals surface area (Å²) in [6.45, 7) is 8.14. The van der Waals surface area contributed by atoms with Crippen LogP contribution >= 0.6 is 12.2 Å². The second-order valence-electron chi connectivity index (χ2n) is 9.52. The van der Waals surface area contributed by atoms with Crippen molar-refractivity contribution in [3.05, 3.63) is 76.1 Å². The Balaban J connectivity index is 1.29. The molecule has 1 aromatic heterocycles. The molecule has 0 saturated carbocycles. The number of piperidine rings is 1. The standard InChI is InChI=1S/C27H33N5O2S/c1-21-7-9-23(10-8-21)25(33)24-11-13-29(14-12-24)20-32-27(35)31(19-22-5-3-2-4-6-22)26(28-32)30-15-17-34-18-16-30/h2-10,24H,11-20H2,1H3. The first-order valence-corrected chi connectivity index (χ1v) is 12.9. The van der Waals surface area contributed by atoms with Gasteiger partial charge in [0.1, 0.15) is 0 Å². The fraction of sp³-hybridized carbons (Fsp3) is 0.444. The quantitative estimate of drug-likeness (QED) is 0.365. The molecular formula is C27H33N5O2S. The van der Waals surface area contributed by atoms with Gasteiger partial charge in [0.15, 0.2) is 5.78 Å². The Hall–Kier alpha value is -2.81. The normalized spacial score (nSPS) is 17.6. The number of ketones is 1. The maximum Gasteiger partial charge on any atom is 0.226 e.